The smallest absolute Gasteiger partial charge is 0.231 e. The third-order valence-electron chi connectivity index (χ3n) is 3.86. The molecule has 0 spiro atoms. The van der Waals surface area contributed by atoms with Gasteiger partial charge < -0.3 is 19.7 Å². The summed E-state index contributed by atoms with van der Waals surface area (Å²) in [6, 6.07) is 7.33. The first kappa shape index (κ1) is 17.2. The second-order valence-corrected chi connectivity index (χ2v) is 6.31. The van der Waals surface area contributed by atoms with Crippen molar-refractivity contribution >= 4 is 28.3 Å². The molecule has 1 aliphatic rings. The Balaban J connectivity index is 1.49. The molecule has 1 aliphatic heterocycles. The van der Waals surface area contributed by atoms with Crippen molar-refractivity contribution in [2.24, 2.45) is 5.92 Å². The van der Waals surface area contributed by atoms with Crippen LogP contribution in [0.2, 0.25) is 0 Å². The summed E-state index contributed by atoms with van der Waals surface area (Å²) in [5.41, 5.74) is 1.54. The van der Waals surface area contributed by atoms with Gasteiger partial charge in [-0.3, -0.25) is 9.59 Å². The van der Waals surface area contributed by atoms with Gasteiger partial charge in [0.15, 0.2) is 11.5 Å². The van der Waals surface area contributed by atoms with Crippen LogP contribution in [0.25, 0.3) is 0 Å². The number of ether oxygens (including phenoxy) is 2. The Morgan fingerprint density at radius 3 is 2.92 bits per heavy atom. The molecule has 2 heterocycles. The lowest BCUT2D eigenvalue weighted by atomic mass is 10.1. The van der Waals surface area contributed by atoms with Crippen molar-refractivity contribution in [3.8, 4) is 11.5 Å². The molecule has 1 N–H and O–H groups in total. The van der Waals surface area contributed by atoms with E-state index >= 15 is 0 Å². The van der Waals surface area contributed by atoms with E-state index < -0.39 is 0 Å². The van der Waals surface area contributed by atoms with Gasteiger partial charge in [-0.25, -0.2) is 0 Å². The van der Waals surface area contributed by atoms with Gasteiger partial charge in [0.05, 0.1) is 19.6 Å². The maximum absolute atomic E-state index is 12.2. The number of nitrogens with zero attached hydrogens (tertiary/aromatic N) is 3. The largest absolute Gasteiger partial charge is 0.493 e. The molecule has 8 nitrogen and oxygen atoms in total. The fourth-order valence-electron chi connectivity index (χ4n) is 2.60. The van der Waals surface area contributed by atoms with Crippen molar-refractivity contribution in [2.45, 2.75) is 6.42 Å². The number of methoxy groups -OCH3 is 1. The summed E-state index contributed by atoms with van der Waals surface area (Å²) in [6.07, 6.45) is 0.194. The molecule has 1 fully saturated rings. The Bertz CT molecular complexity index is 737. The third kappa shape index (κ3) is 4.24. The van der Waals surface area contributed by atoms with Crippen LogP contribution in [-0.2, 0) is 9.59 Å². The second-order valence-electron chi connectivity index (χ2n) is 5.47. The van der Waals surface area contributed by atoms with Crippen LogP contribution in [0, 0.1) is 5.92 Å². The highest BCUT2D eigenvalue weighted by Crippen LogP contribution is 2.26. The summed E-state index contributed by atoms with van der Waals surface area (Å²) in [4.78, 5) is 25.9. The quantitative estimate of drug-likeness (QED) is 0.800. The zero-order chi connectivity index (χ0) is 17.6. The van der Waals surface area contributed by atoms with Crippen LogP contribution in [-0.4, -0.2) is 53.7 Å². The van der Waals surface area contributed by atoms with Gasteiger partial charge in [0, 0.05) is 13.0 Å². The lowest BCUT2D eigenvalue weighted by Crippen LogP contribution is -2.31. The predicted molar refractivity (Wildman–Crippen MR) is 91.7 cm³/mol. The number of anilines is 1. The van der Waals surface area contributed by atoms with Crippen LogP contribution in [0.5, 0.6) is 11.5 Å². The lowest BCUT2D eigenvalue weighted by Gasteiger charge is -2.17. The van der Waals surface area contributed by atoms with Crippen molar-refractivity contribution in [1.29, 1.82) is 0 Å². The highest BCUT2D eigenvalue weighted by atomic mass is 32.1. The fraction of sp³-hybridized carbons (Fsp3) is 0.375. The normalized spacial score (nSPS) is 16.8. The van der Waals surface area contributed by atoms with Gasteiger partial charge in [-0.1, -0.05) is 23.5 Å². The first-order chi connectivity index (χ1) is 12.2. The number of amides is 2. The molecule has 3 rings (SSSR count). The summed E-state index contributed by atoms with van der Waals surface area (Å²) < 4.78 is 10.9. The molecule has 1 atom stereocenters. The first-order valence-electron chi connectivity index (χ1n) is 7.78. The van der Waals surface area contributed by atoms with Crippen molar-refractivity contribution in [3.63, 3.8) is 0 Å². The standard InChI is InChI=1S/C16H18N4O4S/c1-23-12-4-2-3-5-13(12)24-7-6-20-9-11(8-14(20)21)15(22)18-16-19-17-10-25-16/h2-5,10-11H,6-9H2,1H3,(H,18,19,22)/t11-/m1/s1. The predicted octanol–water partition coefficient (Wildman–Crippen LogP) is 1.41. The molecule has 1 aromatic heterocycles. The molecule has 1 saturated heterocycles. The van der Waals surface area contributed by atoms with Crippen molar-refractivity contribution in [1.82, 2.24) is 15.1 Å². The lowest BCUT2D eigenvalue weighted by molar-refractivity contribution is -0.128. The summed E-state index contributed by atoms with van der Waals surface area (Å²) in [7, 11) is 1.58. The van der Waals surface area contributed by atoms with Gasteiger partial charge in [-0.15, -0.1) is 10.2 Å². The number of rotatable bonds is 7. The van der Waals surface area contributed by atoms with Crippen LogP contribution < -0.4 is 14.8 Å². The van der Waals surface area contributed by atoms with Gasteiger partial charge in [0.1, 0.15) is 12.1 Å². The number of hydrogen-bond acceptors (Lipinski definition) is 7. The molecule has 132 valence electrons. The van der Waals surface area contributed by atoms with Crippen molar-refractivity contribution in [2.75, 3.05) is 32.1 Å². The van der Waals surface area contributed by atoms with Crippen LogP contribution in [0.15, 0.2) is 29.8 Å². The zero-order valence-corrected chi connectivity index (χ0v) is 14.5. The van der Waals surface area contributed by atoms with Gasteiger partial charge in [0.25, 0.3) is 0 Å². The van der Waals surface area contributed by atoms with E-state index in [0.29, 0.717) is 36.3 Å². The third-order valence-corrected chi connectivity index (χ3v) is 4.47. The summed E-state index contributed by atoms with van der Waals surface area (Å²) in [5, 5.41) is 10.6. The van der Waals surface area contributed by atoms with Gasteiger partial charge in [-0.2, -0.15) is 0 Å². The average molecular weight is 362 g/mol. The maximum atomic E-state index is 12.2. The van der Waals surface area contributed by atoms with E-state index in [9.17, 15) is 9.59 Å². The zero-order valence-electron chi connectivity index (χ0n) is 13.7. The minimum atomic E-state index is -0.386. The van der Waals surface area contributed by atoms with E-state index in [1.54, 1.807) is 12.0 Å². The molecule has 1 aromatic carbocycles. The van der Waals surface area contributed by atoms with E-state index in [-0.39, 0.29) is 24.2 Å². The number of nitrogens with one attached hydrogen (secondary N) is 1. The second kappa shape index (κ2) is 7.93. The Hall–Kier alpha value is -2.68. The van der Waals surface area contributed by atoms with Crippen molar-refractivity contribution in [3.05, 3.63) is 29.8 Å². The molecule has 0 bridgehead atoms. The molecule has 0 aliphatic carbocycles. The van der Waals surface area contributed by atoms with E-state index in [0.717, 1.165) is 0 Å². The number of carbonyl (C=O) groups is 2. The molecular formula is C16H18N4O4S. The van der Waals surface area contributed by atoms with Crippen LogP contribution in [0.4, 0.5) is 5.13 Å². The summed E-state index contributed by atoms with van der Waals surface area (Å²) >= 11 is 1.24. The maximum Gasteiger partial charge on any atom is 0.231 e. The number of aromatic nitrogens is 2. The molecule has 2 amide bonds. The Morgan fingerprint density at radius 1 is 1.40 bits per heavy atom. The summed E-state index contributed by atoms with van der Waals surface area (Å²) in [6.45, 7) is 1.12. The van der Waals surface area contributed by atoms with Crippen molar-refractivity contribution < 1.29 is 19.1 Å². The molecule has 2 aromatic rings. The highest BCUT2D eigenvalue weighted by molar-refractivity contribution is 7.13. The highest BCUT2D eigenvalue weighted by Gasteiger charge is 2.34. The topological polar surface area (TPSA) is 93.7 Å². The van der Waals surface area contributed by atoms with E-state index in [2.05, 4.69) is 15.5 Å². The summed E-state index contributed by atoms with van der Waals surface area (Å²) in [5.74, 6) is 0.619. The molecule has 9 heteroatoms. The van der Waals surface area contributed by atoms with Gasteiger partial charge >= 0.3 is 0 Å². The number of hydrogen-bond donors (Lipinski definition) is 1. The Kier molecular flexibility index (Phi) is 5.44. The minimum absolute atomic E-state index is 0.0546. The minimum Gasteiger partial charge on any atom is -0.493 e. The first-order valence-corrected chi connectivity index (χ1v) is 8.66. The fourth-order valence-corrected chi connectivity index (χ4v) is 3.05. The van der Waals surface area contributed by atoms with E-state index in [4.69, 9.17) is 9.47 Å². The molecule has 0 radical (unpaired) electrons. The number of benzene rings is 1. The Labute approximate surface area is 148 Å². The molecule has 25 heavy (non-hydrogen) atoms. The number of carbonyl (C=O) groups excluding carboxylic acids is 2. The van der Waals surface area contributed by atoms with Crippen LogP contribution in [0.1, 0.15) is 6.42 Å². The molecular weight excluding hydrogens is 344 g/mol. The average Bonchev–Trinajstić information content (AvgIpc) is 3.25. The van der Waals surface area contributed by atoms with Crippen LogP contribution in [0.3, 0.4) is 0 Å². The monoisotopic (exact) mass is 362 g/mol. The SMILES string of the molecule is COc1ccccc1OCCN1C[C@H](C(=O)Nc2nncs2)CC1=O. The van der Waals surface area contributed by atoms with Gasteiger partial charge in [-0.05, 0) is 12.1 Å². The molecule has 0 unspecified atom stereocenters. The Morgan fingerprint density at radius 2 is 2.20 bits per heavy atom. The van der Waals surface area contributed by atoms with Crippen LogP contribution >= 0.6 is 11.3 Å². The number of likely N-dealkylation sites (tertiary alicyclic amines) is 1. The van der Waals surface area contributed by atoms with E-state index in [1.807, 2.05) is 24.3 Å². The number of para-hydroxylation sites is 2. The van der Waals surface area contributed by atoms with E-state index in [1.165, 1.54) is 16.8 Å². The van der Waals surface area contributed by atoms with Gasteiger partial charge in [0.2, 0.25) is 16.9 Å². The molecule has 0 saturated carbocycles.